The Hall–Kier alpha value is -1.77. The van der Waals surface area contributed by atoms with Gasteiger partial charge < -0.3 is 5.32 Å². The topological polar surface area (TPSA) is 81.0 Å². The third-order valence-electron chi connectivity index (χ3n) is 2.25. The predicted octanol–water partition coefficient (Wildman–Crippen LogP) is 2.60. The van der Waals surface area contributed by atoms with Crippen molar-refractivity contribution < 1.29 is 4.92 Å². The number of benzene rings is 1. The van der Waals surface area contributed by atoms with Crippen molar-refractivity contribution in [1.82, 2.24) is 10.2 Å². The minimum Gasteiger partial charge on any atom is -0.379 e. The van der Waals surface area contributed by atoms with Crippen molar-refractivity contribution in [3.8, 4) is 0 Å². The minimum absolute atomic E-state index is 0.112. The molecule has 0 fully saturated rings. The van der Waals surface area contributed by atoms with Crippen LogP contribution in [0.5, 0.6) is 0 Å². The van der Waals surface area contributed by atoms with E-state index in [1.54, 1.807) is 18.3 Å². The van der Waals surface area contributed by atoms with Crippen molar-refractivity contribution in [3.05, 3.63) is 55.9 Å². The zero-order valence-corrected chi connectivity index (χ0v) is 11.4. The number of hydrogen-bond acceptors (Lipinski definition) is 5. The molecule has 0 unspecified atom stereocenters. The molecule has 0 aliphatic heterocycles. The van der Waals surface area contributed by atoms with Crippen LogP contribution < -0.4 is 5.32 Å². The Morgan fingerprint density at radius 3 is 2.83 bits per heavy atom. The van der Waals surface area contributed by atoms with Gasteiger partial charge >= 0.3 is 0 Å². The molecular weight excluding hydrogens is 347 g/mol. The van der Waals surface area contributed by atoms with Crippen LogP contribution in [0.4, 0.5) is 11.4 Å². The molecule has 0 radical (unpaired) electrons. The number of anilines is 1. The van der Waals surface area contributed by atoms with Crippen LogP contribution >= 0.6 is 22.6 Å². The van der Waals surface area contributed by atoms with Gasteiger partial charge in [0, 0.05) is 18.0 Å². The molecule has 0 atom stereocenters. The van der Waals surface area contributed by atoms with Gasteiger partial charge in [-0.15, -0.1) is 0 Å². The molecule has 6 nitrogen and oxygen atoms in total. The standard InChI is InChI=1S/C11H9IN4O2/c12-10-6-8(3-4-11(10)16(17)18)13-7-9-2-1-5-14-15-9/h1-6,13H,7H2. The zero-order chi connectivity index (χ0) is 13.0. The molecule has 0 spiro atoms. The van der Waals surface area contributed by atoms with E-state index in [1.807, 2.05) is 34.7 Å². The fourth-order valence-electron chi connectivity index (χ4n) is 1.39. The van der Waals surface area contributed by atoms with Crippen LogP contribution in [0.25, 0.3) is 0 Å². The molecule has 0 bridgehead atoms. The van der Waals surface area contributed by atoms with Crippen LogP contribution in [0.1, 0.15) is 5.69 Å². The van der Waals surface area contributed by atoms with Gasteiger partial charge in [0.2, 0.25) is 0 Å². The molecule has 1 aromatic heterocycles. The summed E-state index contributed by atoms with van der Waals surface area (Å²) in [7, 11) is 0. The Kier molecular flexibility index (Phi) is 4.03. The highest BCUT2D eigenvalue weighted by atomic mass is 127. The summed E-state index contributed by atoms with van der Waals surface area (Å²) >= 11 is 1.95. The first-order valence-corrected chi connectivity index (χ1v) is 6.19. The smallest absolute Gasteiger partial charge is 0.282 e. The molecule has 1 aromatic carbocycles. The fourth-order valence-corrected chi connectivity index (χ4v) is 2.10. The molecule has 18 heavy (non-hydrogen) atoms. The van der Waals surface area contributed by atoms with Gasteiger partial charge in [-0.3, -0.25) is 10.1 Å². The van der Waals surface area contributed by atoms with Crippen LogP contribution in [0.3, 0.4) is 0 Å². The number of nitro groups is 1. The van der Waals surface area contributed by atoms with Crippen LogP contribution in [0.15, 0.2) is 36.5 Å². The Bertz CT molecular complexity index is 562. The molecule has 0 saturated carbocycles. The van der Waals surface area contributed by atoms with E-state index in [4.69, 9.17) is 0 Å². The van der Waals surface area contributed by atoms with Gasteiger partial charge in [-0.25, -0.2) is 0 Å². The lowest BCUT2D eigenvalue weighted by Gasteiger charge is -2.05. The summed E-state index contributed by atoms with van der Waals surface area (Å²) in [6.07, 6.45) is 1.61. The third-order valence-corrected chi connectivity index (χ3v) is 3.11. The summed E-state index contributed by atoms with van der Waals surface area (Å²) in [4.78, 5) is 10.3. The number of nitrogens with one attached hydrogen (secondary N) is 1. The molecule has 1 N–H and O–H groups in total. The summed E-state index contributed by atoms with van der Waals surface area (Å²) < 4.78 is 0.599. The highest BCUT2D eigenvalue weighted by Gasteiger charge is 2.11. The average Bonchev–Trinajstić information content (AvgIpc) is 2.37. The molecule has 92 valence electrons. The Morgan fingerprint density at radius 1 is 1.39 bits per heavy atom. The van der Waals surface area contributed by atoms with Crippen LogP contribution in [0.2, 0.25) is 0 Å². The largest absolute Gasteiger partial charge is 0.379 e. The highest BCUT2D eigenvalue weighted by Crippen LogP contribution is 2.24. The number of nitro benzene ring substituents is 1. The first-order valence-electron chi connectivity index (χ1n) is 5.11. The molecule has 2 aromatic rings. The SMILES string of the molecule is O=[N+]([O-])c1ccc(NCc2cccnn2)cc1I. The molecule has 0 aliphatic carbocycles. The molecule has 0 aliphatic rings. The van der Waals surface area contributed by atoms with Crippen LogP contribution in [0, 0.1) is 13.7 Å². The minimum atomic E-state index is -0.395. The van der Waals surface area contributed by atoms with Crippen LogP contribution in [-0.4, -0.2) is 15.1 Å². The number of hydrogen-bond donors (Lipinski definition) is 1. The van der Waals surface area contributed by atoms with Crippen molar-refractivity contribution in [2.24, 2.45) is 0 Å². The Balaban J connectivity index is 2.07. The normalized spacial score (nSPS) is 10.1. The van der Waals surface area contributed by atoms with E-state index in [0.29, 0.717) is 10.1 Å². The fraction of sp³-hybridized carbons (Fsp3) is 0.0909. The lowest BCUT2D eigenvalue weighted by atomic mass is 10.3. The predicted molar refractivity (Wildman–Crippen MR) is 75.2 cm³/mol. The van der Waals surface area contributed by atoms with E-state index in [2.05, 4.69) is 15.5 Å². The number of halogens is 1. The average molecular weight is 356 g/mol. The maximum Gasteiger partial charge on any atom is 0.282 e. The maximum absolute atomic E-state index is 10.7. The second-order valence-electron chi connectivity index (χ2n) is 3.49. The zero-order valence-electron chi connectivity index (χ0n) is 9.21. The second-order valence-corrected chi connectivity index (χ2v) is 4.65. The van der Waals surface area contributed by atoms with Crippen molar-refractivity contribution in [3.63, 3.8) is 0 Å². The van der Waals surface area contributed by atoms with E-state index >= 15 is 0 Å². The summed E-state index contributed by atoms with van der Waals surface area (Å²) in [5, 5.41) is 21.5. The number of nitrogens with zero attached hydrogens (tertiary/aromatic N) is 3. The lowest BCUT2D eigenvalue weighted by Crippen LogP contribution is -2.02. The highest BCUT2D eigenvalue weighted by molar-refractivity contribution is 14.1. The van der Waals surface area contributed by atoms with E-state index in [0.717, 1.165) is 11.4 Å². The van der Waals surface area contributed by atoms with E-state index < -0.39 is 4.92 Å². The molecule has 2 rings (SSSR count). The molecule has 1 heterocycles. The van der Waals surface area contributed by atoms with Gasteiger partial charge in [0.15, 0.2) is 0 Å². The number of aromatic nitrogens is 2. The molecular formula is C11H9IN4O2. The van der Waals surface area contributed by atoms with Crippen molar-refractivity contribution >= 4 is 34.0 Å². The molecule has 0 amide bonds. The second kappa shape index (κ2) is 5.71. The van der Waals surface area contributed by atoms with Gasteiger partial charge in [0.25, 0.3) is 5.69 Å². The van der Waals surface area contributed by atoms with Gasteiger partial charge in [-0.1, -0.05) is 0 Å². The van der Waals surface area contributed by atoms with Gasteiger partial charge in [-0.05, 0) is 46.9 Å². The summed E-state index contributed by atoms with van der Waals surface area (Å²) in [5.74, 6) is 0. The van der Waals surface area contributed by atoms with E-state index in [-0.39, 0.29) is 5.69 Å². The monoisotopic (exact) mass is 356 g/mol. The van der Waals surface area contributed by atoms with Gasteiger partial charge in [0.1, 0.15) is 0 Å². The lowest BCUT2D eigenvalue weighted by molar-refractivity contribution is -0.385. The molecule has 7 heteroatoms. The van der Waals surface area contributed by atoms with E-state index in [9.17, 15) is 10.1 Å². The van der Waals surface area contributed by atoms with E-state index in [1.165, 1.54) is 6.07 Å². The van der Waals surface area contributed by atoms with Crippen molar-refractivity contribution in [2.45, 2.75) is 6.54 Å². The quantitative estimate of drug-likeness (QED) is 0.518. The van der Waals surface area contributed by atoms with Gasteiger partial charge in [-0.2, -0.15) is 10.2 Å². The first kappa shape index (κ1) is 12.7. The third kappa shape index (κ3) is 3.13. The van der Waals surface area contributed by atoms with Crippen molar-refractivity contribution in [2.75, 3.05) is 5.32 Å². The Labute approximate surface area is 117 Å². The Morgan fingerprint density at radius 2 is 2.22 bits per heavy atom. The van der Waals surface area contributed by atoms with Crippen molar-refractivity contribution in [1.29, 1.82) is 0 Å². The summed E-state index contributed by atoms with van der Waals surface area (Å²) in [6, 6.07) is 8.56. The number of rotatable bonds is 4. The van der Waals surface area contributed by atoms with Crippen LogP contribution in [-0.2, 0) is 6.54 Å². The maximum atomic E-state index is 10.7. The van der Waals surface area contributed by atoms with Gasteiger partial charge in [0.05, 0.1) is 20.7 Å². The molecule has 0 saturated heterocycles. The first-order chi connectivity index (χ1) is 8.66. The summed E-state index contributed by atoms with van der Waals surface area (Å²) in [5.41, 5.74) is 1.74. The summed E-state index contributed by atoms with van der Waals surface area (Å²) in [6.45, 7) is 0.529.